The van der Waals surface area contributed by atoms with Gasteiger partial charge in [0.05, 0.1) is 17.7 Å². The highest BCUT2D eigenvalue weighted by atomic mass is 16.5. The number of hydrogen-bond donors (Lipinski definition) is 1. The summed E-state index contributed by atoms with van der Waals surface area (Å²) in [5.41, 5.74) is 0.252. The second kappa shape index (κ2) is 4.91. The first-order valence-electron chi connectivity index (χ1n) is 5.51. The second-order valence-corrected chi connectivity index (χ2v) is 3.66. The Bertz CT molecular complexity index is 530. The van der Waals surface area contributed by atoms with Gasteiger partial charge in [0.2, 0.25) is 5.76 Å². The van der Waals surface area contributed by atoms with Gasteiger partial charge in [0.1, 0.15) is 12.4 Å². The monoisotopic (exact) mass is 248 g/mol. The number of rotatable bonds is 2. The van der Waals surface area contributed by atoms with Crippen LogP contribution in [0.5, 0.6) is 5.75 Å². The van der Waals surface area contributed by atoms with Crippen LogP contribution in [0.4, 0.5) is 0 Å². The third kappa shape index (κ3) is 2.07. The molecule has 18 heavy (non-hydrogen) atoms. The number of carbonyl (C=O) groups excluding carboxylic acids is 2. The number of ketones is 1. The van der Waals surface area contributed by atoms with Crippen LogP contribution in [0.1, 0.15) is 17.3 Å². The van der Waals surface area contributed by atoms with Crippen LogP contribution >= 0.6 is 0 Å². The lowest BCUT2D eigenvalue weighted by Crippen LogP contribution is -2.23. The van der Waals surface area contributed by atoms with E-state index in [1.54, 1.807) is 31.2 Å². The van der Waals surface area contributed by atoms with Gasteiger partial charge in [-0.15, -0.1) is 0 Å². The smallest absolute Gasteiger partial charge is 0.373 e. The van der Waals surface area contributed by atoms with E-state index in [9.17, 15) is 14.7 Å². The zero-order valence-corrected chi connectivity index (χ0v) is 9.80. The third-order valence-corrected chi connectivity index (χ3v) is 2.53. The predicted octanol–water partition coefficient (Wildman–Crippen LogP) is 1.64. The summed E-state index contributed by atoms with van der Waals surface area (Å²) in [5, 5.41) is 9.67. The van der Waals surface area contributed by atoms with Gasteiger partial charge >= 0.3 is 5.97 Å². The number of esters is 1. The molecule has 0 aliphatic carbocycles. The number of benzene rings is 1. The zero-order chi connectivity index (χ0) is 13.1. The van der Waals surface area contributed by atoms with Crippen LogP contribution in [-0.2, 0) is 9.53 Å². The molecule has 1 aliphatic rings. The molecule has 0 bridgehead atoms. The Morgan fingerprint density at radius 2 is 2.17 bits per heavy atom. The fraction of sp³-hybridized carbons (Fsp3) is 0.231. The summed E-state index contributed by atoms with van der Waals surface area (Å²) in [6.07, 6.45) is 0. The SMILES string of the molecule is CCOC(=O)/C(O)=C1/COc2ccccc2C1=O. The van der Waals surface area contributed by atoms with Gasteiger partial charge in [-0.25, -0.2) is 4.79 Å². The van der Waals surface area contributed by atoms with Gasteiger partial charge in [-0.1, -0.05) is 12.1 Å². The molecule has 0 spiro atoms. The quantitative estimate of drug-likeness (QED) is 0.489. The van der Waals surface area contributed by atoms with Gasteiger partial charge in [-0.05, 0) is 19.1 Å². The molecule has 0 radical (unpaired) electrons. The molecule has 5 heteroatoms. The van der Waals surface area contributed by atoms with E-state index in [1.165, 1.54) is 0 Å². The van der Waals surface area contributed by atoms with Gasteiger partial charge in [0, 0.05) is 0 Å². The summed E-state index contributed by atoms with van der Waals surface area (Å²) in [4.78, 5) is 23.4. The van der Waals surface area contributed by atoms with E-state index in [4.69, 9.17) is 4.74 Å². The van der Waals surface area contributed by atoms with Crippen LogP contribution in [0.3, 0.4) is 0 Å². The van der Waals surface area contributed by atoms with Crippen molar-refractivity contribution in [2.24, 2.45) is 0 Å². The summed E-state index contributed by atoms with van der Waals surface area (Å²) < 4.78 is 9.95. The topological polar surface area (TPSA) is 72.8 Å². The first-order valence-corrected chi connectivity index (χ1v) is 5.51. The van der Waals surface area contributed by atoms with Crippen LogP contribution in [0.25, 0.3) is 0 Å². The zero-order valence-electron chi connectivity index (χ0n) is 9.80. The molecule has 1 heterocycles. The van der Waals surface area contributed by atoms with Gasteiger partial charge in [0.25, 0.3) is 0 Å². The molecule has 0 aromatic heterocycles. The van der Waals surface area contributed by atoms with E-state index in [0.717, 1.165) is 0 Å². The van der Waals surface area contributed by atoms with Gasteiger partial charge < -0.3 is 14.6 Å². The maximum atomic E-state index is 12.1. The average Bonchev–Trinajstić information content (AvgIpc) is 2.39. The lowest BCUT2D eigenvalue weighted by Gasteiger charge is -2.18. The molecular weight excluding hydrogens is 236 g/mol. The fourth-order valence-electron chi connectivity index (χ4n) is 1.66. The maximum absolute atomic E-state index is 12.1. The second-order valence-electron chi connectivity index (χ2n) is 3.66. The Kier molecular flexibility index (Phi) is 3.32. The molecule has 1 aromatic carbocycles. The number of Topliss-reactive ketones (excluding diaryl/α,β-unsaturated/α-hetero) is 1. The van der Waals surface area contributed by atoms with E-state index < -0.39 is 17.5 Å². The molecule has 0 fully saturated rings. The Balaban J connectivity index is 2.37. The molecular formula is C13H12O5. The van der Waals surface area contributed by atoms with E-state index in [0.29, 0.717) is 11.3 Å². The molecule has 0 unspecified atom stereocenters. The fourth-order valence-corrected chi connectivity index (χ4v) is 1.66. The van der Waals surface area contributed by atoms with Crippen LogP contribution in [0.15, 0.2) is 35.6 Å². The number of hydrogen-bond acceptors (Lipinski definition) is 5. The van der Waals surface area contributed by atoms with Crippen molar-refractivity contribution in [1.29, 1.82) is 0 Å². The van der Waals surface area contributed by atoms with Gasteiger partial charge in [-0.3, -0.25) is 4.79 Å². The molecule has 5 nitrogen and oxygen atoms in total. The predicted molar refractivity (Wildman–Crippen MR) is 62.6 cm³/mol. The third-order valence-electron chi connectivity index (χ3n) is 2.53. The molecule has 0 saturated carbocycles. The molecule has 0 amide bonds. The van der Waals surface area contributed by atoms with Crippen molar-refractivity contribution >= 4 is 11.8 Å². The van der Waals surface area contributed by atoms with E-state index in [2.05, 4.69) is 4.74 Å². The minimum absolute atomic E-state index is 0.0767. The first-order chi connectivity index (χ1) is 8.65. The molecule has 1 N–H and O–H groups in total. The van der Waals surface area contributed by atoms with Crippen molar-refractivity contribution < 1.29 is 24.2 Å². The molecule has 1 aromatic rings. The number of carbonyl (C=O) groups is 2. The van der Waals surface area contributed by atoms with E-state index in [-0.39, 0.29) is 18.8 Å². The number of para-hydroxylation sites is 1. The molecule has 0 saturated heterocycles. The highest BCUT2D eigenvalue weighted by Gasteiger charge is 2.29. The number of fused-ring (bicyclic) bond motifs is 1. The van der Waals surface area contributed by atoms with Crippen LogP contribution < -0.4 is 4.74 Å². The summed E-state index contributed by atoms with van der Waals surface area (Å²) >= 11 is 0. The van der Waals surface area contributed by atoms with Gasteiger partial charge in [-0.2, -0.15) is 0 Å². The number of aliphatic hydroxyl groups is 1. The largest absolute Gasteiger partial charge is 0.501 e. The summed E-state index contributed by atoms with van der Waals surface area (Å²) in [6, 6.07) is 6.66. The van der Waals surface area contributed by atoms with Crippen molar-refractivity contribution in [2.45, 2.75) is 6.92 Å². The Hall–Kier alpha value is -2.30. The van der Waals surface area contributed by atoms with Crippen molar-refractivity contribution in [3.63, 3.8) is 0 Å². The average molecular weight is 248 g/mol. The Labute approximate surface area is 104 Å². The van der Waals surface area contributed by atoms with Crippen LogP contribution in [-0.4, -0.2) is 30.1 Å². The maximum Gasteiger partial charge on any atom is 0.373 e. The Morgan fingerprint density at radius 1 is 1.44 bits per heavy atom. The highest BCUT2D eigenvalue weighted by Crippen LogP contribution is 2.27. The van der Waals surface area contributed by atoms with Crippen molar-refractivity contribution in [2.75, 3.05) is 13.2 Å². The van der Waals surface area contributed by atoms with Crippen LogP contribution in [0, 0.1) is 0 Å². The van der Waals surface area contributed by atoms with Crippen molar-refractivity contribution in [3.8, 4) is 5.75 Å². The molecule has 0 atom stereocenters. The van der Waals surface area contributed by atoms with E-state index in [1.807, 2.05) is 0 Å². The number of aliphatic hydroxyl groups excluding tert-OH is 1. The van der Waals surface area contributed by atoms with Crippen molar-refractivity contribution in [1.82, 2.24) is 0 Å². The lowest BCUT2D eigenvalue weighted by molar-refractivity contribution is -0.141. The summed E-state index contributed by atoms with van der Waals surface area (Å²) in [6.45, 7) is 1.60. The lowest BCUT2D eigenvalue weighted by atomic mass is 9.99. The molecule has 2 rings (SSSR count). The minimum atomic E-state index is -0.913. The summed E-state index contributed by atoms with van der Waals surface area (Å²) in [5.74, 6) is -1.56. The highest BCUT2D eigenvalue weighted by molar-refractivity contribution is 6.14. The standard InChI is InChI=1S/C13H12O5/c1-2-17-13(16)12(15)9-7-18-10-6-4-3-5-8(10)11(9)14/h3-6,15H,2,7H2,1H3/b12-9+. The van der Waals surface area contributed by atoms with Gasteiger partial charge in [0.15, 0.2) is 5.78 Å². The molecule has 1 aliphatic heterocycles. The first kappa shape index (κ1) is 12.2. The Morgan fingerprint density at radius 3 is 2.89 bits per heavy atom. The summed E-state index contributed by atoms with van der Waals surface area (Å²) in [7, 11) is 0. The minimum Gasteiger partial charge on any atom is -0.501 e. The van der Waals surface area contributed by atoms with E-state index >= 15 is 0 Å². The normalized spacial score (nSPS) is 16.6. The van der Waals surface area contributed by atoms with Crippen LogP contribution in [0.2, 0.25) is 0 Å². The number of ether oxygens (including phenoxy) is 2. The van der Waals surface area contributed by atoms with Crippen molar-refractivity contribution in [3.05, 3.63) is 41.2 Å². The molecule has 94 valence electrons.